The highest BCUT2D eigenvalue weighted by Crippen LogP contribution is 2.26. The number of hydroxylamine groups is 2. The minimum Gasteiger partial charge on any atom is -0.601 e. The van der Waals surface area contributed by atoms with Gasteiger partial charge in [-0.25, -0.2) is 10.6 Å². The molecule has 0 radical (unpaired) electrons. The number of rotatable bonds is 2. The van der Waals surface area contributed by atoms with Gasteiger partial charge in [-0.3, -0.25) is 4.98 Å². The lowest BCUT2D eigenvalue weighted by atomic mass is 10.1. The molecule has 0 spiro atoms. The third-order valence-electron chi connectivity index (χ3n) is 2.64. The first-order chi connectivity index (χ1) is 8.17. The number of allylic oxidation sites excluding steroid dienone is 4. The summed E-state index contributed by atoms with van der Waals surface area (Å²) in [6.45, 7) is 1.85. The molecule has 0 fully saturated rings. The maximum atomic E-state index is 12.3. The topological polar surface area (TPSA) is 74.0 Å². The summed E-state index contributed by atoms with van der Waals surface area (Å²) < 4.78 is -0.890. The molecule has 2 rings (SSSR count). The summed E-state index contributed by atoms with van der Waals surface area (Å²) in [7, 11) is 0. The van der Waals surface area contributed by atoms with Gasteiger partial charge in [-0.05, 0) is 25.1 Å². The molecule has 0 saturated carbocycles. The molecule has 0 aliphatic carbocycles. The van der Waals surface area contributed by atoms with Crippen LogP contribution in [0.1, 0.15) is 12.6 Å². The third-order valence-corrected chi connectivity index (χ3v) is 2.64. The van der Waals surface area contributed by atoms with Crippen molar-refractivity contribution >= 4 is 5.57 Å². The summed E-state index contributed by atoms with van der Waals surface area (Å²) in [6, 6.07) is 5.57. The number of nitrogens with zero attached hydrogens (tertiary/aromatic N) is 2. The lowest BCUT2D eigenvalue weighted by Gasteiger charge is -2.38. The molecule has 1 aliphatic heterocycles. The van der Waals surface area contributed by atoms with Crippen LogP contribution in [-0.4, -0.2) is 9.74 Å². The average molecular weight is 230 g/mol. The van der Waals surface area contributed by atoms with Crippen molar-refractivity contribution in [1.82, 2.24) is 10.5 Å². The van der Waals surface area contributed by atoms with E-state index in [1.165, 1.54) is 6.20 Å². The van der Waals surface area contributed by atoms with Gasteiger partial charge < -0.3 is 5.21 Å². The molecule has 5 heteroatoms. The first-order valence-corrected chi connectivity index (χ1v) is 5.24. The number of hydrazine groups is 1. The van der Waals surface area contributed by atoms with Crippen molar-refractivity contribution in [3.05, 3.63) is 65.4 Å². The minimum atomic E-state index is -0.890. The summed E-state index contributed by atoms with van der Waals surface area (Å²) in [5.41, 5.74) is 4.31. The summed E-state index contributed by atoms with van der Waals surface area (Å²) in [4.78, 5) is 4.22. The Morgan fingerprint density at radius 3 is 2.88 bits per heavy atom. The van der Waals surface area contributed by atoms with Gasteiger partial charge >= 0.3 is 0 Å². The van der Waals surface area contributed by atoms with Crippen molar-refractivity contribution < 1.29 is 4.76 Å². The lowest BCUT2D eigenvalue weighted by molar-refractivity contribution is -0.836. The van der Waals surface area contributed by atoms with Gasteiger partial charge in [0, 0.05) is 17.8 Å². The van der Waals surface area contributed by atoms with E-state index < -0.39 is 4.76 Å². The Balaban J connectivity index is 2.51. The average Bonchev–Trinajstić information content (AvgIpc) is 2.39. The zero-order valence-corrected chi connectivity index (χ0v) is 9.50. The number of pyridine rings is 1. The maximum Gasteiger partial charge on any atom is 0.163 e. The Kier molecular flexibility index (Phi) is 3.16. The standard InChI is InChI=1S/C12H14N4O/c1-10(11-6-2-4-8-14-11)12-7-3-5-9-16(12,17)15-13/h2-9,15H,13H2,1H3/b12-10+/t16-/m1/s1. The Morgan fingerprint density at radius 2 is 2.24 bits per heavy atom. The van der Waals surface area contributed by atoms with Gasteiger partial charge in [0.05, 0.1) is 5.69 Å². The third kappa shape index (κ3) is 2.17. The van der Waals surface area contributed by atoms with E-state index >= 15 is 0 Å². The second kappa shape index (κ2) is 4.60. The first-order valence-electron chi connectivity index (χ1n) is 5.24. The number of hydrogen-bond donors (Lipinski definition) is 2. The summed E-state index contributed by atoms with van der Waals surface area (Å²) in [5, 5.41) is 12.3. The lowest BCUT2D eigenvalue weighted by Crippen LogP contribution is -2.52. The monoisotopic (exact) mass is 230 g/mol. The van der Waals surface area contributed by atoms with Crippen molar-refractivity contribution in [3.63, 3.8) is 0 Å². The van der Waals surface area contributed by atoms with Crippen LogP contribution in [0.2, 0.25) is 0 Å². The molecule has 1 aliphatic rings. The van der Waals surface area contributed by atoms with Gasteiger partial charge in [0.1, 0.15) is 6.20 Å². The van der Waals surface area contributed by atoms with Crippen LogP contribution in [0.25, 0.3) is 5.57 Å². The zero-order valence-electron chi connectivity index (χ0n) is 9.50. The Morgan fingerprint density at radius 1 is 1.41 bits per heavy atom. The van der Waals surface area contributed by atoms with Crippen molar-refractivity contribution in [3.8, 4) is 0 Å². The van der Waals surface area contributed by atoms with E-state index in [0.29, 0.717) is 5.70 Å². The van der Waals surface area contributed by atoms with Gasteiger partial charge in [-0.2, -0.15) is 0 Å². The van der Waals surface area contributed by atoms with E-state index in [1.807, 2.05) is 25.1 Å². The van der Waals surface area contributed by atoms with E-state index in [1.54, 1.807) is 24.4 Å². The maximum absolute atomic E-state index is 12.3. The predicted molar refractivity (Wildman–Crippen MR) is 66.1 cm³/mol. The van der Waals surface area contributed by atoms with Crippen molar-refractivity contribution in [2.45, 2.75) is 6.92 Å². The molecule has 3 N–H and O–H groups in total. The van der Waals surface area contributed by atoms with Crippen molar-refractivity contribution in [2.75, 3.05) is 0 Å². The number of nitrogens with two attached hydrogens (primary N) is 1. The van der Waals surface area contributed by atoms with Crippen LogP contribution in [-0.2, 0) is 0 Å². The molecule has 1 aromatic heterocycles. The smallest absolute Gasteiger partial charge is 0.163 e. The summed E-state index contributed by atoms with van der Waals surface area (Å²) in [5.74, 6) is 5.31. The van der Waals surface area contributed by atoms with E-state index in [2.05, 4.69) is 10.5 Å². The van der Waals surface area contributed by atoms with Crippen LogP contribution in [0.5, 0.6) is 0 Å². The Labute approximate surface area is 99.7 Å². The highest BCUT2D eigenvalue weighted by atomic mass is 16.6. The van der Waals surface area contributed by atoms with E-state index in [-0.39, 0.29) is 0 Å². The van der Waals surface area contributed by atoms with E-state index in [0.717, 1.165) is 11.3 Å². The van der Waals surface area contributed by atoms with Crippen LogP contribution in [0.15, 0.2) is 54.5 Å². The second-order valence-electron chi connectivity index (χ2n) is 3.71. The molecule has 2 heterocycles. The molecule has 0 unspecified atom stereocenters. The van der Waals surface area contributed by atoms with E-state index in [4.69, 9.17) is 5.84 Å². The molecular weight excluding hydrogens is 216 g/mol. The van der Waals surface area contributed by atoms with Gasteiger partial charge in [0.2, 0.25) is 0 Å². The van der Waals surface area contributed by atoms with Gasteiger partial charge in [0.25, 0.3) is 0 Å². The van der Waals surface area contributed by atoms with Gasteiger partial charge in [0.15, 0.2) is 5.70 Å². The normalized spacial score (nSPS) is 26.1. The highest BCUT2D eigenvalue weighted by molar-refractivity contribution is 5.65. The SMILES string of the molecule is C/C(=C1/C=CC=C[N@+]1([O-])NN)c1ccccn1. The molecule has 0 bridgehead atoms. The fourth-order valence-corrected chi connectivity index (χ4v) is 1.71. The van der Waals surface area contributed by atoms with Crippen molar-refractivity contribution in [1.29, 1.82) is 0 Å². The van der Waals surface area contributed by atoms with Gasteiger partial charge in [-0.1, -0.05) is 17.7 Å². The molecule has 0 amide bonds. The fraction of sp³-hybridized carbons (Fsp3) is 0.0833. The van der Waals surface area contributed by atoms with Crippen LogP contribution >= 0.6 is 0 Å². The van der Waals surface area contributed by atoms with Crippen LogP contribution in [0.3, 0.4) is 0 Å². The van der Waals surface area contributed by atoms with Crippen LogP contribution in [0, 0.1) is 5.21 Å². The largest absolute Gasteiger partial charge is 0.601 e. The molecule has 5 nitrogen and oxygen atoms in total. The Hall–Kier alpha value is -1.79. The minimum absolute atomic E-state index is 0.522. The first kappa shape index (κ1) is 11.7. The second-order valence-corrected chi connectivity index (χ2v) is 3.71. The molecule has 1 atom stereocenters. The summed E-state index contributed by atoms with van der Waals surface area (Å²) >= 11 is 0. The Bertz CT molecular complexity index is 492. The number of hydrogen-bond acceptors (Lipinski definition) is 4. The van der Waals surface area contributed by atoms with Gasteiger partial charge in [-0.15, -0.1) is 0 Å². The molecular formula is C12H14N4O. The van der Waals surface area contributed by atoms with Crippen LogP contribution in [0.4, 0.5) is 0 Å². The van der Waals surface area contributed by atoms with Crippen LogP contribution < -0.4 is 11.4 Å². The fourth-order valence-electron chi connectivity index (χ4n) is 1.71. The molecule has 1 aromatic rings. The van der Waals surface area contributed by atoms with E-state index in [9.17, 15) is 5.21 Å². The number of nitrogens with one attached hydrogen (secondary N) is 1. The zero-order chi connectivity index (χ0) is 12.3. The van der Waals surface area contributed by atoms with Crippen molar-refractivity contribution in [2.24, 2.45) is 5.84 Å². The molecule has 0 saturated heterocycles. The number of quaternary nitrogens is 1. The predicted octanol–water partition coefficient (Wildman–Crippen LogP) is 1.59. The number of aromatic nitrogens is 1. The summed E-state index contributed by atoms with van der Waals surface area (Å²) in [6.07, 6.45) is 8.31. The highest BCUT2D eigenvalue weighted by Gasteiger charge is 2.23. The molecule has 0 aromatic carbocycles. The molecule has 88 valence electrons. The molecule has 17 heavy (non-hydrogen) atoms. The quantitative estimate of drug-likeness (QED) is 0.350.